The number of benzene rings is 2. The number of carbonyl (C=O) groups excluding carboxylic acids is 1. The molecule has 6 rings (SSSR count). The van der Waals surface area contributed by atoms with Gasteiger partial charge in [0.25, 0.3) is 11.1 Å². The minimum Gasteiger partial charge on any atom is -0.453 e. The van der Waals surface area contributed by atoms with Crippen LogP contribution in [0.4, 0.5) is 31.1 Å². The molecule has 10 nitrogen and oxygen atoms in total. The summed E-state index contributed by atoms with van der Waals surface area (Å²) in [5, 5.41) is 7.79. The minimum absolute atomic E-state index is 0.0544. The first-order valence-electron chi connectivity index (χ1n) is 15.0. The molecule has 16 heteroatoms. The van der Waals surface area contributed by atoms with Crippen LogP contribution >= 0.6 is 0 Å². The Balaban J connectivity index is 0.000000190. The monoisotopic (exact) mass is 682 g/mol. The number of rotatable bonds is 4. The van der Waals surface area contributed by atoms with E-state index in [2.05, 4.69) is 15.6 Å². The summed E-state index contributed by atoms with van der Waals surface area (Å²) in [5.41, 5.74) is -0.683. The maximum Gasteiger partial charge on any atom is 0.416 e. The van der Waals surface area contributed by atoms with Crippen LogP contribution < -0.4 is 16.4 Å². The van der Waals surface area contributed by atoms with Gasteiger partial charge in [0.1, 0.15) is 11.5 Å². The summed E-state index contributed by atoms with van der Waals surface area (Å²) in [6, 6.07) is 12.1. The fourth-order valence-electron chi connectivity index (χ4n) is 6.10. The average molecular weight is 683 g/mol. The second kappa shape index (κ2) is 14.2. The molecule has 4 heterocycles. The van der Waals surface area contributed by atoms with E-state index in [-0.39, 0.29) is 29.0 Å². The third-order valence-electron chi connectivity index (χ3n) is 8.57. The molecule has 48 heavy (non-hydrogen) atoms. The second-order valence-electron chi connectivity index (χ2n) is 11.6. The first-order chi connectivity index (χ1) is 22.7. The summed E-state index contributed by atoms with van der Waals surface area (Å²) >= 11 is 0. The van der Waals surface area contributed by atoms with Crippen LogP contribution in [-0.4, -0.2) is 41.5 Å². The van der Waals surface area contributed by atoms with Crippen LogP contribution in [0.2, 0.25) is 0 Å². The van der Waals surface area contributed by atoms with E-state index in [9.17, 15) is 40.7 Å². The van der Waals surface area contributed by atoms with Crippen LogP contribution in [-0.2, 0) is 17.1 Å². The molecule has 2 aromatic carbocycles. The Morgan fingerprint density at radius 2 is 1.27 bits per heavy atom. The van der Waals surface area contributed by atoms with Crippen molar-refractivity contribution in [3.63, 3.8) is 0 Å². The molecule has 2 saturated heterocycles. The summed E-state index contributed by atoms with van der Waals surface area (Å²) in [7, 11) is 1.25. The molecule has 2 aliphatic rings. The van der Waals surface area contributed by atoms with E-state index in [1.807, 2.05) is 0 Å². The molecule has 4 aromatic rings. The molecule has 3 N–H and O–H groups in total. The van der Waals surface area contributed by atoms with Gasteiger partial charge in [-0.05, 0) is 67.6 Å². The Bertz CT molecular complexity index is 1770. The van der Waals surface area contributed by atoms with Gasteiger partial charge >= 0.3 is 18.4 Å². The summed E-state index contributed by atoms with van der Waals surface area (Å²) < 4.78 is 91.2. The van der Waals surface area contributed by atoms with Gasteiger partial charge in [-0.1, -0.05) is 24.3 Å². The third kappa shape index (κ3) is 8.21. The standard InChI is InChI=1S/C17H17F3N2O4.C15H15F3N2O2/c1-25-16(24)22-7-6-11(14-9-15(23)21-26-14)8-13(22)10-2-4-12(5-3-10)17(18,19)20;16-15(17,18)11-3-1-9(2-4-11)12-7-10(5-6-19-12)13-8-14(21)20-22-13/h2-5,9,11,13H,6-8H2,1H3,(H,21,23);1-4,8,10,12,19H,5-7H2,(H,20,21)/t;10-,12-/m.0/s1. The molecule has 2 unspecified atom stereocenters. The number of piperidine rings is 2. The number of methoxy groups -OCH3 is 1. The van der Waals surface area contributed by atoms with Crippen LogP contribution in [0.25, 0.3) is 0 Å². The average Bonchev–Trinajstić information content (AvgIpc) is 3.72. The zero-order valence-corrected chi connectivity index (χ0v) is 25.5. The van der Waals surface area contributed by atoms with Crippen molar-refractivity contribution in [1.29, 1.82) is 0 Å². The number of nitrogens with zero attached hydrogens (tertiary/aromatic N) is 1. The van der Waals surface area contributed by atoms with Crippen molar-refractivity contribution in [2.24, 2.45) is 0 Å². The van der Waals surface area contributed by atoms with Crippen molar-refractivity contribution in [3.05, 3.63) is 115 Å². The van der Waals surface area contributed by atoms with Crippen LogP contribution in [0, 0.1) is 0 Å². The number of ether oxygens (including phenoxy) is 1. The zero-order chi connectivity index (χ0) is 34.6. The van der Waals surface area contributed by atoms with E-state index in [0.29, 0.717) is 49.4 Å². The van der Waals surface area contributed by atoms with Gasteiger partial charge in [0, 0.05) is 36.6 Å². The van der Waals surface area contributed by atoms with Crippen molar-refractivity contribution in [2.75, 3.05) is 20.2 Å². The number of hydrogen-bond donors (Lipinski definition) is 3. The minimum atomic E-state index is -4.43. The number of aromatic nitrogens is 2. The Hall–Kier alpha value is -4.73. The predicted molar refractivity (Wildman–Crippen MR) is 158 cm³/mol. The number of likely N-dealkylation sites (tertiary alicyclic amines) is 1. The SMILES string of the molecule is COC(=O)N1CCC(c2cc(=O)[nH]o2)CC1c1ccc(C(F)(F)F)cc1.O=c1cc([C@H]2CCN[C@H](c3ccc(C(F)(F)F)cc3)C2)o[nH]1. The highest BCUT2D eigenvalue weighted by Gasteiger charge is 2.37. The maximum absolute atomic E-state index is 12.8. The van der Waals surface area contributed by atoms with Gasteiger partial charge in [0.15, 0.2) is 0 Å². The summed E-state index contributed by atoms with van der Waals surface area (Å²) in [5.74, 6) is 1.01. The van der Waals surface area contributed by atoms with E-state index >= 15 is 0 Å². The van der Waals surface area contributed by atoms with E-state index in [1.54, 1.807) is 0 Å². The summed E-state index contributed by atoms with van der Waals surface area (Å²) in [4.78, 5) is 36.0. The highest BCUT2D eigenvalue weighted by molar-refractivity contribution is 5.68. The molecular formula is C32H32F6N4O6. The molecule has 2 aromatic heterocycles. The number of hydrogen-bond acceptors (Lipinski definition) is 7. The lowest BCUT2D eigenvalue weighted by Crippen LogP contribution is -2.40. The van der Waals surface area contributed by atoms with Crippen LogP contribution in [0.3, 0.4) is 0 Å². The van der Waals surface area contributed by atoms with E-state index in [0.717, 1.165) is 36.2 Å². The molecule has 0 spiro atoms. The first-order valence-corrected chi connectivity index (χ1v) is 15.0. The van der Waals surface area contributed by atoms with E-state index < -0.39 is 35.6 Å². The lowest BCUT2D eigenvalue weighted by atomic mass is 9.85. The Kier molecular flexibility index (Phi) is 10.2. The maximum atomic E-state index is 12.8. The van der Waals surface area contributed by atoms with Crippen LogP contribution in [0.5, 0.6) is 0 Å². The van der Waals surface area contributed by atoms with Gasteiger partial charge in [-0.15, -0.1) is 0 Å². The molecule has 4 atom stereocenters. The van der Waals surface area contributed by atoms with Gasteiger partial charge in [-0.2, -0.15) is 36.7 Å². The zero-order valence-electron chi connectivity index (χ0n) is 25.5. The van der Waals surface area contributed by atoms with Crippen LogP contribution in [0.15, 0.2) is 79.3 Å². The van der Waals surface area contributed by atoms with E-state index in [4.69, 9.17) is 13.8 Å². The lowest BCUT2D eigenvalue weighted by molar-refractivity contribution is -0.138. The summed E-state index contributed by atoms with van der Waals surface area (Å²) in [6.45, 7) is 1.04. The number of H-pyrrole nitrogens is 2. The van der Waals surface area contributed by atoms with Gasteiger partial charge in [0.05, 0.1) is 24.3 Å². The Morgan fingerprint density at radius 3 is 1.73 bits per heavy atom. The number of alkyl halides is 6. The fourth-order valence-corrected chi connectivity index (χ4v) is 6.10. The van der Waals surface area contributed by atoms with Crippen molar-refractivity contribution in [1.82, 2.24) is 20.5 Å². The number of halogens is 6. The number of amides is 1. The fraction of sp³-hybridized carbons (Fsp3) is 0.406. The predicted octanol–water partition coefficient (Wildman–Crippen LogP) is 6.87. The molecule has 2 aliphatic heterocycles. The Morgan fingerprint density at radius 1 is 0.771 bits per heavy atom. The van der Waals surface area contributed by atoms with Gasteiger partial charge in [-0.25, -0.2) is 4.79 Å². The summed E-state index contributed by atoms with van der Waals surface area (Å²) in [6.07, 6.45) is -6.86. The highest BCUT2D eigenvalue weighted by Crippen LogP contribution is 2.40. The van der Waals surface area contributed by atoms with Crippen molar-refractivity contribution < 1.29 is 44.9 Å². The van der Waals surface area contributed by atoms with E-state index in [1.165, 1.54) is 48.4 Å². The number of carbonyl (C=O) groups is 1. The molecule has 0 saturated carbocycles. The molecule has 1 amide bonds. The molecule has 258 valence electrons. The van der Waals surface area contributed by atoms with Crippen LogP contribution in [0.1, 0.15) is 83.4 Å². The smallest absolute Gasteiger partial charge is 0.416 e. The highest BCUT2D eigenvalue weighted by atomic mass is 19.4. The normalized spacial score (nSPS) is 21.7. The molecular weight excluding hydrogens is 650 g/mol. The van der Waals surface area contributed by atoms with Crippen molar-refractivity contribution in [2.45, 2.75) is 62.0 Å². The number of nitrogens with one attached hydrogen (secondary N) is 3. The molecule has 0 bridgehead atoms. The van der Waals surface area contributed by atoms with Crippen molar-refractivity contribution >= 4 is 6.09 Å². The van der Waals surface area contributed by atoms with Gasteiger partial charge in [0.2, 0.25) is 0 Å². The lowest BCUT2D eigenvalue weighted by Gasteiger charge is -2.38. The van der Waals surface area contributed by atoms with Crippen molar-refractivity contribution in [3.8, 4) is 0 Å². The number of aromatic amines is 2. The van der Waals surface area contributed by atoms with Gasteiger partial charge in [-0.3, -0.25) is 9.59 Å². The third-order valence-corrected chi connectivity index (χ3v) is 8.57. The topological polar surface area (TPSA) is 134 Å². The molecule has 2 fully saturated rings. The Labute approximate surface area is 269 Å². The molecule has 0 radical (unpaired) electrons. The largest absolute Gasteiger partial charge is 0.453 e. The second-order valence-corrected chi connectivity index (χ2v) is 11.6. The first kappa shape index (κ1) is 34.6. The van der Waals surface area contributed by atoms with Gasteiger partial charge < -0.3 is 24.0 Å². The quantitative estimate of drug-likeness (QED) is 0.200. The molecule has 0 aliphatic carbocycles.